The molecule has 1 aromatic heterocycles. The van der Waals surface area contributed by atoms with Crippen molar-refractivity contribution < 1.29 is 9.53 Å². The van der Waals surface area contributed by atoms with Crippen molar-refractivity contribution >= 4 is 23.2 Å². The highest BCUT2D eigenvalue weighted by Crippen LogP contribution is 2.21. The molecule has 144 valence electrons. The predicted molar refractivity (Wildman–Crippen MR) is 105 cm³/mol. The highest BCUT2D eigenvalue weighted by molar-refractivity contribution is 6.30. The van der Waals surface area contributed by atoms with Crippen LogP contribution in [0.5, 0.6) is 5.75 Å². The Morgan fingerprint density at radius 3 is 2.50 bits per heavy atom. The Morgan fingerprint density at radius 2 is 1.82 bits per heavy atom. The summed E-state index contributed by atoms with van der Waals surface area (Å²) in [6.45, 7) is 2.88. The first-order chi connectivity index (χ1) is 13.7. The van der Waals surface area contributed by atoms with Gasteiger partial charge in [0.2, 0.25) is 0 Å². The second-order valence-electron chi connectivity index (χ2n) is 6.38. The third kappa shape index (κ3) is 4.23. The van der Waals surface area contributed by atoms with E-state index in [2.05, 4.69) is 20.4 Å². The van der Waals surface area contributed by atoms with E-state index in [-0.39, 0.29) is 12.5 Å². The van der Waals surface area contributed by atoms with E-state index >= 15 is 0 Å². The van der Waals surface area contributed by atoms with E-state index in [0.29, 0.717) is 18.8 Å². The molecule has 3 aromatic rings. The summed E-state index contributed by atoms with van der Waals surface area (Å²) in [5.74, 6) is 0.609. The number of tetrazole rings is 1. The van der Waals surface area contributed by atoms with Crippen LogP contribution in [0.4, 0.5) is 5.69 Å². The molecule has 28 heavy (non-hydrogen) atoms. The smallest absolute Gasteiger partial charge is 0.260 e. The first kappa shape index (κ1) is 18.2. The van der Waals surface area contributed by atoms with E-state index in [4.69, 9.17) is 16.3 Å². The average Bonchev–Trinajstić information content (AvgIpc) is 3.27. The van der Waals surface area contributed by atoms with Crippen molar-refractivity contribution in [1.29, 1.82) is 0 Å². The molecule has 0 saturated carbocycles. The number of hydrogen-bond acceptors (Lipinski definition) is 6. The molecule has 1 fully saturated rings. The van der Waals surface area contributed by atoms with E-state index in [0.717, 1.165) is 29.5 Å². The molecular weight excluding hydrogens is 380 g/mol. The number of carbonyl (C=O) groups excluding carboxylic acids is 1. The maximum Gasteiger partial charge on any atom is 0.260 e. The van der Waals surface area contributed by atoms with E-state index in [1.807, 2.05) is 41.3 Å². The van der Waals surface area contributed by atoms with Crippen LogP contribution in [-0.2, 0) is 4.79 Å². The molecule has 1 aliphatic rings. The zero-order valence-electron chi connectivity index (χ0n) is 15.1. The third-order valence-corrected chi connectivity index (χ3v) is 4.85. The Hall–Kier alpha value is -3.13. The quantitative estimate of drug-likeness (QED) is 0.654. The standard InChI is InChI=1S/C19H19ClN6O2/c20-15-2-1-3-17(12-15)24-8-10-25(11-9-24)19(27)13-28-18-6-4-16(5-7-18)26-14-21-22-23-26/h1-7,12,14H,8-11,13H2. The van der Waals surface area contributed by atoms with Crippen LogP contribution in [0, 0.1) is 0 Å². The molecular formula is C19H19ClN6O2. The molecule has 1 saturated heterocycles. The lowest BCUT2D eigenvalue weighted by Crippen LogP contribution is -2.50. The van der Waals surface area contributed by atoms with E-state index in [9.17, 15) is 4.79 Å². The summed E-state index contributed by atoms with van der Waals surface area (Å²) in [6, 6.07) is 15.0. The summed E-state index contributed by atoms with van der Waals surface area (Å²) in [7, 11) is 0. The molecule has 0 N–H and O–H groups in total. The summed E-state index contributed by atoms with van der Waals surface area (Å²) >= 11 is 6.06. The zero-order valence-corrected chi connectivity index (χ0v) is 15.9. The highest BCUT2D eigenvalue weighted by Gasteiger charge is 2.21. The average molecular weight is 399 g/mol. The number of hydrogen-bond donors (Lipinski definition) is 0. The normalized spacial score (nSPS) is 14.2. The maximum absolute atomic E-state index is 12.5. The first-order valence-corrected chi connectivity index (χ1v) is 9.31. The van der Waals surface area contributed by atoms with Crippen LogP contribution < -0.4 is 9.64 Å². The number of ether oxygens (including phenoxy) is 1. The lowest BCUT2D eigenvalue weighted by atomic mass is 10.2. The second-order valence-corrected chi connectivity index (χ2v) is 6.82. The number of benzene rings is 2. The van der Waals surface area contributed by atoms with Gasteiger partial charge in [0, 0.05) is 36.9 Å². The van der Waals surface area contributed by atoms with Gasteiger partial charge in [-0.15, -0.1) is 5.10 Å². The van der Waals surface area contributed by atoms with Crippen LogP contribution >= 0.6 is 11.6 Å². The van der Waals surface area contributed by atoms with Crippen LogP contribution in [0.1, 0.15) is 0 Å². The van der Waals surface area contributed by atoms with Crippen molar-refractivity contribution in [3.8, 4) is 11.4 Å². The number of aromatic nitrogens is 4. The lowest BCUT2D eigenvalue weighted by Gasteiger charge is -2.36. The number of anilines is 1. The summed E-state index contributed by atoms with van der Waals surface area (Å²) in [4.78, 5) is 16.5. The van der Waals surface area contributed by atoms with Gasteiger partial charge in [-0.2, -0.15) is 0 Å². The Morgan fingerprint density at radius 1 is 1.04 bits per heavy atom. The monoisotopic (exact) mass is 398 g/mol. The zero-order chi connectivity index (χ0) is 19.3. The maximum atomic E-state index is 12.5. The van der Waals surface area contributed by atoms with Gasteiger partial charge in [-0.1, -0.05) is 17.7 Å². The van der Waals surface area contributed by atoms with Gasteiger partial charge in [0.25, 0.3) is 5.91 Å². The van der Waals surface area contributed by atoms with E-state index < -0.39 is 0 Å². The van der Waals surface area contributed by atoms with E-state index in [1.54, 1.807) is 16.8 Å². The number of piperazine rings is 1. The molecule has 1 amide bonds. The van der Waals surface area contributed by atoms with Gasteiger partial charge in [-0.25, -0.2) is 4.68 Å². The van der Waals surface area contributed by atoms with Crippen LogP contribution in [0.2, 0.25) is 5.02 Å². The molecule has 0 unspecified atom stereocenters. The molecule has 1 aliphatic heterocycles. The van der Waals surface area contributed by atoms with Gasteiger partial charge in [0.15, 0.2) is 6.61 Å². The number of rotatable bonds is 5. The summed E-state index contributed by atoms with van der Waals surface area (Å²) in [6.07, 6.45) is 1.52. The second kappa shape index (κ2) is 8.26. The number of amides is 1. The predicted octanol–water partition coefficient (Wildman–Crippen LogP) is 2.04. The van der Waals surface area contributed by atoms with Gasteiger partial charge in [-0.05, 0) is 52.9 Å². The van der Waals surface area contributed by atoms with Crippen LogP contribution in [-0.4, -0.2) is 63.8 Å². The van der Waals surface area contributed by atoms with Crippen molar-refractivity contribution in [1.82, 2.24) is 25.1 Å². The number of carbonyl (C=O) groups is 1. The van der Waals surface area contributed by atoms with Crippen LogP contribution in [0.3, 0.4) is 0 Å². The Balaban J connectivity index is 1.27. The van der Waals surface area contributed by atoms with Crippen LogP contribution in [0.25, 0.3) is 5.69 Å². The SMILES string of the molecule is O=C(COc1ccc(-n2cnnn2)cc1)N1CCN(c2cccc(Cl)c2)CC1. The molecule has 0 radical (unpaired) electrons. The highest BCUT2D eigenvalue weighted by atomic mass is 35.5. The molecule has 0 spiro atoms. The summed E-state index contributed by atoms with van der Waals surface area (Å²) < 4.78 is 7.19. The molecule has 0 atom stereocenters. The topological polar surface area (TPSA) is 76.4 Å². The molecule has 8 nitrogen and oxygen atoms in total. The van der Waals surface area contributed by atoms with Crippen molar-refractivity contribution in [3.05, 3.63) is 59.9 Å². The van der Waals surface area contributed by atoms with Crippen LogP contribution in [0.15, 0.2) is 54.9 Å². The fraction of sp³-hybridized carbons (Fsp3) is 0.263. The lowest BCUT2D eigenvalue weighted by molar-refractivity contribution is -0.133. The fourth-order valence-corrected chi connectivity index (χ4v) is 3.28. The largest absolute Gasteiger partial charge is 0.484 e. The molecule has 9 heteroatoms. The van der Waals surface area contributed by atoms with Gasteiger partial charge < -0.3 is 14.5 Å². The number of nitrogens with zero attached hydrogens (tertiary/aromatic N) is 6. The Bertz CT molecular complexity index is 924. The van der Waals surface area contributed by atoms with Crippen molar-refractivity contribution in [2.24, 2.45) is 0 Å². The molecule has 4 rings (SSSR count). The van der Waals surface area contributed by atoms with Gasteiger partial charge in [-0.3, -0.25) is 4.79 Å². The number of halogens is 1. The summed E-state index contributed by atoms with van der Waals surface area (Å²) in [5.41, 5.74) is 1.90. The fourth-order valence-electron chi connectivity index (χ4n) is 3.10. The van der Waals surface area contributed by atoms with Crippen molar-refractivity contribution in [2.75, 3.05) is 37.7 Å². The molecule has 2 heterocycles. The minimum Gasteiger partial charge on any atom is -0.484 e. The third-order valence-electron chi connectivity index (χ3n) is 4.62. The van der Waals surface area contributed by atoms with Crippen molar-refractivity contribution in [2.45, 2.75) is 0 Å². The molecule has 0 bridgehead atoms. The first-order valence-electron chi connectivity index (χ1n) is 8.93. The van der Waals surface area contributed by atoms with E-state index in [1.165, 1.54) is 6.33 Å². The minimum atomic E-state index is -0.0182. The van der Waals surface area contributed by atoms with Gasteiger partial charge >= 0.3 is 0 Å². The molecule has 2 aromatic carbocycles. The minimum absolute atomic E-state index is 0.0153. The Labute approximate surface area is 167 Å². The summed E-state index contributed by atoms with van der Waals surface area (Å²) in [5, 5.41) is 11.7. The molecule has 0 aliphatic carbocycles. The van der Waals surface area contributed by atoms with Crippen molar-refractivity contribution in [3.63, 3.8) is 0 Å². The van der Waals surface area contributed by atoms with Gasteiger partial charge in [0.1, 0.15) is 12.1 Å². The Kier molecular flexibility index (Phi) is 5.38. The van der Waals surface area contributed by atoms with Gasteiger partial charge in [0.05, 0.1) is 5.69 Å².